The summed E-state index contributed by atoms with van der Waals surface area (Å²) in [4.78, 5) is 18.3. The summed E-state index contributed by atoms with van der Waals surface area (Å²) in [7, 11) is 0. The minimum absolute atomic E-state index is 0.0448. The summed E-state index contributed by atoms with van der Waals surface area (Å²) in [6.45, 7) is 2.23. The van der Waals surface area contributed by atoms with Gasteiger partial charge in [0.1, 0.15) is 5.69 Å². The molecule has 3 heterocycles. The molecule has 5 nitrogen and oxygen atoms in total. The molecule has 2 aliphatic rings. The number of ether oxygens (including phenoxy) is 1. The van der Waals surface area contributed by atoms with E-state index in [1.165, 1.54) is 0 Å². The highest BCUT2D eigenvalue weighted by atomic mass is 32.2. The fourth-order valence-corrected chi connectivity index (χ4v) is 5.01. The number of para-hydroxylation sites is 1. The van der Waals surface area contributed by atoms with Crippen molar-refractivity contribution in [2.45, 2.75) is 17.7 Å². The molecule has 0 aliphatic carbocycles. The Labute approximate surface area is 150 Å². The molecule has 2 atom stereocenters. The zero-order chi connectivity index (χ0) is 16.5. The Morgan fingerprint density at radius 2 is 2.17 bits per heavy atom. The molecule has 1 amide bonds. The lowest BCUT2D eigenvalue weighted by atomic mass is 10.1. The Kier molecular flexibility index (Phi) is 4.47. The zero-order valence-corrected chi connectivity index (χ0v) is 14.8. The third-order valence-corrected chi connectivity index (χ3v) is 6.20. The van der Waals surface area contributed by atoms with Crippen LogP contribution in [0.5, 0.6) is 0 Å². The Morgan fingerprint density at radius 1 is 1.33 bits per heavy atom. The maximum Gasteiger partial charge on any atom is 0.272 e. The van der Waals surface area contributed by atoms with Crippen molar-refractivity contribution in [1.29, 1.82) is 0 Å². The van der Waals surface area contributed by atoms with E-state index >= 15 is 0 Å². The van der Waals surface area contributed by atoms with Crippen molar-refractivity contribution in [3.63, 3.8) is 0 Å². The van der Waals surface area contributed by atoms with E-state index in [4.69, 9.17) is 17.0 Å². The summed E-state index contributed by atoms with van der Waals surface area (Å²) in [6.07, 6.45) is 2.63. The highest BCUT2D eigenvalue weighted by Crippen LogP contribution is 2.31. The van der Waals surface area contributed by atoms with Gasteiger partial charge in [0.05, 0.1) is 6.61 Å². The third kappa shape index (κ3) is 2.81. The molecule has 1 N–H and O–H groups in total. The minimum Gasteiger partial charge on any atom is -0.380 e. The van der Waals surface area contributed by atoms with E-state index in [-0.39, 0.29) is 11.9 Å². The largest absolute Gasteiger partial charge is 0.380 e. The first-order valence-corrected chi connectivity index (χ1v) is 9.57. The highest BCUT2D eigenvalue weighted by Gasteiger charge is 2.38. The second kappa shape index (κ2) is 6.74. The van der Waals surface area contributed by atoms with Crippen LogP contribution in [0, 0.1) is 4.77 Å². The Morgan fingerprint density at radius 3 is 3.00 bits per heavy atom. The van der Waals surface area contributed by atoms with Crippen molar-refractivity contribution in [2.75, 3.05) is 25.5 Å². The lowest BCUT2D eigenvalue weighted by molar-refractivity contribution is 0.0314. The van der Waals surface area contributed by atoms with Crippen LogP contribution in [0.1, 0.15) is 16.9 Å². The molecular weight excluding hydrogens is 342 g/mol. The number of hydrogen-bond acceptors (Lipinski definition) is 4. The topological polar surface area (TPSA) is 50.3 Å². The van der Waals surface area contributed by atoms with Gasteiger partial charge in [-0.05, 0) is 30.8 Å². The smallest absolute Gasteiger partial charge is 0.272 e. The maximum atomic E-state index is 13.3. The van der Waals surface area contributed by atoms with Gasteiger partial charge in [0.2, 0.25) is 0 Å². The first-order chi connectivity index (χ1) is 11.8. The number of aromatic nitrogens is 2. The van der Waals surface area contributed by atoms with Gasteiger partial charge >= 0.3 is 0 Å². The molecule has 4 rings (SSSR count). The fraction of sp³-hybridized carbons (Fsp3) is 0.412. The van der Waals surface area contributed by atoms with Gasteiger partial charge in [-0.3, -0.25) is 9.36 Å². The Bertz CT molecular complexity index is 785. The number of nitrogens with one attached hydrogen (secondary N) is 1. The number of thioether (sulfide) groups is 1. The molecule has 2 aliphatic heterocycles. The number of aromatic amines is 1. The Hall–Kier alpha value is -1.57. The number of hydrogen-bond donors (Lipinski definition) is 1. The van der Waals surface area contributed by atoms with E-state index in [1.807, 2.05) is 51.6 Å². The van der Waals surface area contributed by atoms with Gasteiger partial charge in [-0.1, -0.05) is 18.2 Å². The van der Waals surface area contributed by atoms with Crippen LogP contribution in [0.4, 0.5) is 0 Å². The van der Waals surface area contributed by atoms with Crippen LogP contribution >= 0.6 is 24.0 Å². The fourth-order valence-electron chi connectivity index (χ4n) is 3.44. The summed E-state index contributed by atoms with van der Waals surface area (Å²) < 4.78 is 7.95. The Balaban J connectivity index is 1.69. The van der Waals surface area contributed by atoms with Crippen molar-refractivity contribution in [3.05, 3.63) is 47.0 Å². The van der Waals surface area contributed by atoms with E-state index < -0.39 is 0 Å². The predicted molar refractivity (Wildman–Crippen MR) is 97.5 cm³/mol. The number of fused-ring (bicyclic) bond motifs is 1. The zero-order valence-electron chi connectivity index (χ0n) is 13.2. The van der Waals surface area contributed by atoms with Gasteiger partial charge in [-0.15, -0.1) is 0 Å². The summed E-state index contributed by atoms with van der Waals surface area (Å²) >= 11 is 7.32. The maximum absolute atomic E-state index is 13.3. The molecule has 7 heteroatoms. The van der Waals surface area contributed by atoms with E-state index in [2.05, 4.69) is 4.98 Å². The molecule has 1 aromatic carbocycles. The average Bonchev–Trinajstić information content (AvgIpc) is 3.03. The van der Waals surface area contributed by atoms with E-state index in [9.17, 15) is 4.79 Å². The highest BCUT2D eigenvalue weighted by molar-refractivity contribution is 8.00. The van der Waals surface area contributed by atoms with Crippen molar-refractivity contribution in [1.82, 2.24) is 14.5 Å². The van der Waals surface area contributed by atoms with E-state index in [0.29, 0.717) is 15.7 Å². The second-order valence-electron chi connectivity index (χ2n) is 5.99. The molecule has 0 unspecified atom stereocenters. The standard InChI is InChI=1S/C17H19N3O2S2/c21-16(19-7-9-24-15-11-22-8-6-13(15)19)14-10-18-17(23)20(14)12-4-2-1-3-5-12/h1-5,10,13,15H,6-9,11H2,(H,18,23)/t13-,15-/m0/s1. The van der Waals surface area contributed by atoms with E-state index in [1.54, 1.807) is 6.20 Å². The number of H-pyrrole nitrogens is 1. The van der Waals surface area contributed by atoms with Gasteiger partial charge in [0.15, 0.2) is 4.77 Å². The second-order valence-corrected chi connectivity index (χ2v) is 7.72. The number of amides is 1. The molecule has 1 aromatic heterocycles. The van der Waals surface area contributed by atoms with Crippen molar-refractivity contribution >= 4 is 29.9 Å². The molecule has 0 radical (unpaired) electrons. The normalized spacial score (nSPS) is 23.8. The molecule has 2 fully saturated rings. The molecule has 0 saturated carbocycles. The lowest BCUT2D eigenvalue weighted by Gasteiger charge is -2.43. The lowest BCUT2D eigenvalue weighted by Crippen LogP contribution is -2.54. The number of carbonyl (C=O) groups excluding carboxylic acids is 1. The van der Waals surface area contributed by atoms with Crippen LogP contribution < -0.4 is 0 Å². The van der Waals surface area contributed by atoms with E-state index in [0.717, 1.165) is 37.6 Å². The SMILES string of the molecule is O=C(c1c[nH]c(=S)n1-c1ccccc1)N1CCS[C@H]2COCC[C@@H]21. The molecule has 2 saturated heterocycles. The van der Waals surface area contributed by atoms with Crippen molar-refractivity contribution < 1.29 is 9.53 Å². The van der Waals surface area contributed by atoms with Gasteiger partial charge in [-0.2, -0.15) is 11.8 Å². The van der Waals surface area contributed by atoms with Gasteiger partial charge < -0.3 is 14.6 Å². The summed E-state index contributed by atoms with van der Waals surface area (Å²) in [5.74, 6) is 0.996. The summed E-state index contributed by atoms with van der Waals surface area (Å²) in [5, 5.41) is 0.378. The van der Waals surface area contributed by atoms with Crippen molar-refractivity contribution in [3.8, 4) is 5.69 Å². The van der Waals surface area contributed by atoms with Crippen LogP contribution in [-0.2, 0) is 4.74 Å². The van der Waals surface area contributed by atoms with Gasteiger partial charge in [-0.25, -0.2) is 0 Å². The van der Waals surface area contributed by atoms with Crippen LogP contribution in [0.3, 0.4) is 0 Å². The quantitative estimate of drug-likeness (QED) is 0.836. The predicted octanol–water partition coefficient (Wildman–Crippen LogP) is 2.88. The average molecular weight is 361 g/mol. The molecule has 0 bridgehead atoms. The third-order valence-electron chi connectivity index (χ3n) is 4.60. The molecule has 2 aromatic rings. The summed E-state index contributed by atoms with van der Waals surface area (Å²) in [5.41, 5.74) is 1.50. The van der Waals surface area contributed by atoms with Gasteiger partial charge in [0, 0.05) is 42.1 Å². The first-order valence-electron chi connectivity index (χ1n) is 8.12. The van der Waals surface area contributed by atoms with Gasteiger partial charge in [0.25, 0.3) is 5.91 Å². The minimum atomic E-state index is 0.0448. The molecule has 126 valence electrons. The molecular formula is C17H19N3O2S2. The number of carbonyl (C=O) groups is 1. The summed E-state index contributed by atoms with van der Waals surface area (Å²) in [6, 6.07) is 10.0. The van der Waals surface area contributed by atoms with Crippen molar-refractivity contribution in [2.24, 2.45) is 0 Å². The molecule has 0 spiro atoms. The first kappa shape index (κ1) is 15.9. The monoisotopic (exact) mass is 361 g/mol. The number of imidazole rings is 1. The van der Waals surface area contributed by atoms with Crippen LogP contribution in [0.25, 0.3) is 5.69 Å². The van der Waals surface area contributed by atoms with Crippen LogP contribution in [0.2, 0.25) is 0 Å². The molecule has 24 heavy (non-hydrogen) atoms. The van der Waals surface area contributed by atoms with Crippen LogP contribution in [-0.4, -0.2) is 57.2 Å². The number of benzene rings is 1. The number of nitrogens with zero attached hydrogens (tertiary/aromatic N) is 2. The van der Waals surface area contributed by atoms with Crippen LogP contribution in [0.15, 0.2) is 36.5 Å². The number of rotatable bonds is 2.